The molecule has 0 amide bonds. The van der Waals surface area contributed by atoms with Crippen LogP contribution in [-0.2, 0) is 9.59 Å². The Morgan fingerprint density at radius 1 is 1.35 bits per heavy atom. The normalized spacial score (nSPS) is 12.6. The Hall–Kier alpha value is -1.82. The van der Waals surface area contributed by atoms with Crippen LogP contribution in [0.2, 0.25) is 0 Å². The van der Waals surface area contributed by atoms with E-state index >= 15 is 0 Å². The van der Waals surface area contributed by atoms with E-state index in [0.29, 0.717) is 10.7 Å². The summed E-state index contributed by atoms with van der Waals surface area (Å²) in [4.78, 5) is 21.2. The highest BCUT2D eigenvalue weighted by Gasteiger charge is 2.04. The molecule has 0 aliphatic heterocycles. The fourth-order valence-corrected chi connectivity index (χ4v) is 1.46. The number of carboxylic acids is 2. The van der Waals surface area contributed by atoms with E-state index in [0.717, 1.165) is 0 Å². The Morgan fingerprint density at radius 3 is 2.41 bits per heavy atom. The van der Waals surface area contributed by atoms with Gasteiger partial charge < -0.3 is 24.2 Å². The van der Waals surface area contributed by atoms with Gasteiger partial charge in [0.05, 0.1) is 11.9 Å². The maximum atomic E-state index is 10.8. The number of rotatable bonds is 4. The highest BCUT2D eigenvalue weighted by molar-refractivity contribution is 9.10. The third-order valence-corrected chi connectivity index (χ3v) is 2.29. The lowest BCUT2D eigenvalue weighted by molar-refractivity contribution is -0.298. The van der Waals surface area contributed by atoms with E-state index < -0.39 is 11.9 Å². The van der Waals surface area contributed by atoms with E-state index in [1.165, 1.54) is 19.1 Å². The van der Waals surface area contributed by atoms with Crippen molar-refractivity contribution in [3.63, 3.8) is 0 Å². The maximum absolute atomic E-state index is 10.8. The Bertz CT molecular complexity index is 510. The second-order valence-electron chi connectivity index (χ2n) is 3.13. The molecule has 17 heavy (non-hydrogen) atoms. The molecule has 0 aromatic carbocycles. The van der Waals surface area contributed by atoms with E-state index in [2.05, 4.69) is 15.9 Å². The van der Waals surface area contributed by atoms with Crippen LogP contribution in [0.3, 0.4) is 0 Å². The minimum atomic E-state index is -1.49. The second kappa shape index (κ2) is 5.49. The van der Waals surface area contributed by atoms with E-state index in [4.69, 9.17) is 4.42 Å². The number of carboxylic acid groups (broad SMARTS) is 2. The minimum absolute atomic E-state index is 0.0116. The molecule has 1 heterocycles. The minimum Gasteiger partial charge on any atom is -0.545 e. The van der Waals surface area contributed by atoms with E-state index in [1.54, 1.807) is 6.07 Å². The van der Waals surface area contributed by atoms with Crippen LogP contribution in [-0.4, -0.2) is 11.9 Å². The van der Waals surface area contributed by atoms with Gasteiger partial charge in [-0.05, 0) is 52.7 Å². The summed E-state index contributed by atoms with van der Waals surface area (Å²) in [6.45, 7) is 1.33. The van der Waals surface area contributed by atoms with Gasteiger partial charge in [-0.2, -0.15) is 0 Å². The summed E-state index contributed by atoms with van der Waals surface area (Å²) in [5, 5.41) is 21.2. The Morgan fingerprint density at radius 2 is 2.00 bits per heavy atom. The van der Waals surface area contributed by atoms with Crippen LogP contribution in [0.5, 0.6) is 0 Å². The molecule has 0 radical (unpaired) electrons. The summed E-state index contributed by atoms with van der Waals surface area (Å²) >= 11 is 3.06. The van der Waals surface area contributed by atoms with E-state index in [1.807, 2.05) is 0 Å². The molecule has 0 aliphatic rings. The standard InChI is InChI=1S/C11H9BrO5/c1-6(4-10(13)14)8(11(15)16)5-7-2-3-9(12)17-7/h2-5H,1H3,(H,13,14)(H,15,16)/p-2/b6-4-,8-5-. The third kappa shape index (κ3) is 3.92. The highest BCUT2D eigenvalue weighted by atomic mass is 79.9. The average Bonchev–Trinajstić information content (AvgIpc) is 2.58. The van der Waals surface area contributed by atoms with Crippen molar-refractivity contribution in [2.24, 2.45) is 0 Å². The molecular weight excluding hydrogens is 292 g/mol. The van der Waals surface area contributed by atoms with Crippen LogP contribution >= 0.6 is 15.9 Å². The van der Waals surface area contributed by atoms with Crippen molar-refractivity contribution in [2.45, 2.75) is 6.92 Å². The van der Waals surface area contributed by atoms with Crippen LogP contribution in [0, 0.1) is 0 Å². The summed E-state index contributed by atoms with van der Waals surface area (Å²) in [6.07, 6.45) is 1.86. The van der Waals surface area contributed by atoms with Crippen molar-refractivity contribution in [2.75, 3.05) is 0 Å². The third-order valence-electron chi connectivity index (χ3n) is 1.86. The van der Waals surface area contributed by atoms with Gasteiger partial charge in [-0.3, -0.25) is 0 Å². The zero-order valence-electron chi connectivity index (χ0n) is 8.73. The number of carbonyl (C=O) groups is 2. The van der Waals surface area contributed by atoms with Gasteiger partial charge in [0.25, 0.3) is 0 Å². The topological polar surface area (TPSA) is 93.4 Å². The first-order valence-electron chi connectivity index (χ1n) is 4.48. The quantitative estimate of drug-likeness (QED) is 0.570. The Balaban J connectivity index is 3.14. The monoisotopic (exact) mass is 298 g/mol. The largest absolute Gasteiger partial charge is 0.545 e. The zero-order chi connectivity index (χ0) is 13.0. The molecule has 1 rings (SSSR count). The van der Waals surface area contributed by atoms with Crippen molar-refractivity contribution < 1.29 is 24.2 Å². The molecule has 0 aliphatic carbocycles. The van der Waals surface area contributed by atoms with Crippen molar-refractivity contribution in [3.8, 4) is 0 Å². The van der Waals surface area contributed by atoms with Gasteiger partial charge in [-0.25, -0.2) is 0 Å². The van der Waals surface area contributed by atoms with Gasteiger partial charge in [-0.15, -0.1) is 0 Å². The molecule has 6 heteroatoms. The Kier molecular flexibility index (Phi) is 4.28. The van der Waals surface area contributed by atoms with Crippen molar-refractivity contribution in [1.29, 1.82) is 0 Å². The smallest absolute Gasteiger partial charge is 0.169 e. The molecule has 0 bridgehead atoms. The van der Waals surface area contributed by atoms with Crippen LogP contribution in [0.25, 0.3) is 6.08 Å². The molecule has 0 N–H and O–H groups in total. The van der Waals surface area contributed by atoms with E-state index in [9.17, 15) is 19.8 Å². The van der Waals surface area contributed by atoms with Crippen LogP contribution in [0.4, 0.5) is 0 Å². The van der Waals surface area contributed by atoms with E-state index in [-0.39, 0.29) is 16.9 Å². The zero-order valence-corrected chi connectivity index (χ0v) is 10.3. The number of halogens is 1. The van der Waals surface area contributed by atoms with Crippen molar-refractivity contribution >= 4 is 33.9 Å². The highest BCUT2D eigenvalue weighted by Crippen LogP contribution is 2.19. The van der Waals surface area contributed by atoms with Gasteiger partial charge in [0.1, 0.15) is 5.76 Å². The summed E-state index contributed by atoms with van der Waals surface area (Å²) in [6, 6.07) is 3.11. The van der Waals surface area contributed by atoms with Gasteiger partial charge >= 0.3 is 0 Å². The number of hydrogen-bond acceptors (Lipinski definition) is 5. The fourth-order valence-electron chi connectivity index (χ4n) is 1.14. The molecule has 5 nitrogen and oxygen atoms in total. The van der Waals surface area contributed by atoms with Crippen molar-refractivity contribution in [1.82, 2.24) is 0 Å². The molecule has 1 aromatic rings. The van der Waals surface area contributed by atoms with Gasteiger partial charge in [0.2, 0.25) is 0 Å². The predicted octanol–water partition coefficient (Wildman–Crippen LogP) is -0.128. The molecule has 0 atom stereocenters. The molecule has 0 saturated heterocycles. The number of furan rings is 1. The average molecular weight is 299 g/mol. The van der Waals surface area contributed by atoms with Crippen LogP contribution < -0.4 is 10.2 Å². The number of hydrogen-bond donors (Lipinski definition) is 0. The molecule has 0 fully saturated rings. The lowest BCUT2D eigenvalue weighted by atomic mass is 10.1. The summed E-state index contributed by atoms with van der Waals surface area (Å²) < 4.78 is 5.51. The van der Waals surface area contributed by atoms with Crippen LogP contribution in [0.15, 0.2) is 38.4 Å². The molecule has 1 aromatic heterocycles. The Labute approximate surface area is 105 Å². The van der Waals surface area contributed by atoms with Gasteiger partial charge in [-0.1, -0.05) is 0 Å². The predicted molar refractivity (Wildman–Crippen MR) is 58.2 cm³/mol. The first-order chi connectivity index (χ1) is 7.90. The molecular formula is C11H7BrO5-2. The summed E-state index contributed by atoms with van der Waals surface area (Å²) in [5.74, 6) is -2.70. The number of carbonyl (C=O) groups excluding carboxylic acids is 2. The van der Waals surface area contributed by atoms with Crippen molar-refractivity contribution in [3.05, 3.63) is 39.8 Å². The van der Waals surface area contributed by atoms with Crippen LogP contribution in [0.1, 0.15) is 12.7 Å². The number of aliphatic carboxylic acids is 2. The lowest BCUT2D eigenvalue weighted by Crippen LogP contribution is -2.26. The lowest BCUT2D eigenvalue weighted by Gasteiger charge is -2.09. The maximum Gasteiger partial charge on any atom is 0.169 e. The molecule has 90 valence electrons. The van der Waals surface area contributed by atoms with Gasteiger partial charge in [0.15, 0.2) is 4.67 Å². The second-order valence-corrected chi connectivity index (χ2v) is 3.92. The first-order valence-corrected chi connectivity index (χ1v) is 5.27. The molecule has 0 saturated carbocycles. The summed E-state index contributed by atoms with van der Waals surface area (Å²) in [5.41, 5.74) is -0.270. The molecule has 0 spiro atoms. The molecule has 0 unspecified atom stereocenters. The van der Waals surface area contributed by atoms with Gasteiger partial charge in [0, 0.05) is 5.57 Å². The fraction of sp³-hybridized carbons (Fsp3) is 0.0909. The first kappa shape index (κ1) is 13.2. The SMILES string of the molecule is CC(=C/C(=O)[O-])/C(=C/c1ccc(Br)o1)C(=O)[O-]. The summed E-state index contributed by atoms with van der Waals surface area (Å²) in [7, 11) is 0.